The van der Waals surface area contributed by atoms with E-state index in [1.165, 1.54) is 0 Å². The van der Waals surface area contributed by atoms with Crippen molar-refractivity contribution in [1.29, 1.82) is 5.26 Å². The zero-order valence-corrected chi connectivity index (χ0v) is 13.7. The summed E-state index contributed by atoms with van der Waals surface area (Å²) in [5.41, 5.74) is 2.74. The fourth-order valence-corrected chi connectivity index (χ4v) is 2.91. The van der Waals surface area contributed by atoms with Crippen molar-refractivity contribution in [2.45, 2.75) is 25.9 Å². The molecule has 24 heavy (non-hydrogen) atoms. The number of nitrogens with zero attached hydrogens (tertiary/aromatic N) is 2. The minimum Gasteiger partial charge on any atom is -0.481 e. The molecule has 0 radical (unpaired) electrons. The van der Waals surface area contributed by atoms with Crippen molar-refractivity contribution in [2.24, 2.45) is 0 Å². The second-order valence-electron chi connectivity index (χ2n) is 6.01. The van der Waals surface area contributed by atoms with E-state index >= 15 is 0 Å². The van der Waals surface area contributed by atoms with Crippen LogP contribution >= 0.6 is 0 Å². The molecular formula is C20H20N2O2. The minimum atomic E-state index is -0.469. The maximum atomic E-state index is 12.3. The average Bonchev–Trinajstić information content (AvgIpc) is 3.16. The fourth-order valence-electron chi connectivity index (χ4n) is 2.91. The van der Waals surface area contributed by atoms with Crippen LogP contribution in [0.4, 0.5) is 0 Å². The molecule has 2 aromatic carbocycles. The van der Waals surface area contributed by atoms with Gasteiger partial charge < -0.3 is 9.64 Å². The third-order valence-electron chi connectivity index (χ3n) is 4.28. The summed E-state index contributed by atoms with van der Waals surface area (Å²) in [5.74, 6) is 0.746. The number of carbonyl (C=O) groups excluding carboxylic acids is 1. The lowest BCUT2D eigenvalue weighted by molar-refractivity contribution is -0.136. The van der Waals surface area contributed by atoms with Gasteiger partial charge in [-0.1, -0.05) is 24.3 Å². The van der Waals surface area contributed by atoms with E-state index in [9.17, 15) is 4.79 Å². The van der Waals surface area contributed by atoms with Gasteiger partial charge in [-0.25, -0.2) is 0 Å². The van der Waals surface area contributed by atoms with Gasteiger partial charge in [0.15, 0.2) is 6.10 Å². The summed E-state index contributed by atoms with van der Waals surface area (Å²) in [6.07, 6.45) is 1.69. The molecular weight excluding hydrogens is 300 g/mol. The van der Waals surface area contributed by atoms with Crippen molar-refractivity contribution in [3.63, 3.8) is 0 Å². The molecule has 3 rings (SSSR count). The zero-order chi connectivity index (χ0) is 16.9. The average molecular weight is 320 g/mol. The zero-order valence-electron chi connectivity index (χ0n) is 13.7. The van der Waals surface area contributed by atoms with Crippen molar-refractivity contribution in [3.05, 3.63) is 54.1 Å². The Hall–Kier alpha value is -2.80. The molecule has 1 aliphatic rings. The van der Waals surface area contributed by atoms with Crippen molar-refractivity contribution in [3.8, 4) is 22.9 Å². The fraction of sp³-hybridized carbons (Fsp3) is 0.300. The lowest BCUT2D eigenvalue weighted by atomic mass is 10.0. The second kappa shape index (κ2) is 7.18. The number of nitriles is 1. The first kappa shape index (κ1) is 16.1. The van der Waals surface area contributed by atoms with Gasteiger partial charge in [-0.3, -0.25) is 4.79 Å². The Morgan fingerprint density at radius 2 is 1.58 bits per heavy atom. The molecule has 0 saturated carbocycles. The molecule has 1 heterocycles. The monoisotopic (exact) mass is 320 g/mol. The molecule has 0 aliphatic carbocycles. The van der Waals surface area contributed by atoms with Crippen LogP contribution < -0.4 is 4.74 Å². The highest BCUT2D eigenvalue weighted by atomic mass is 16.5. The standard InChI is InChI=1S/C20H20N2O2/c1-15(20(23)22-12-2-3-13-22)24-19-10-8-18(9-11-19)17-6-4-16(14-21)5-7-17/h4-11,15H,2-3,12-13H2,1H3/t15-/m1/s1. The molecule has 0 bridgehead atoms. The van der Waals surface area contributed by atoms with Gasteiger partial charge >= 0.3 is 0 Å². The number of rotatable bonds is 4. The summed E-state index contributed by atoms with van der Waals surface area (Å²) in [6.45, 7) is 3.48. The van der Waals surface area contributed by atoms with Gasteiger partial charge in [0.05, 0.1) is 11.6 Å². The van der Waals surface area contributed by atoms with Crippen LogP contribution in [-0.4, -0.2) is 30.0 Å². The van der Waals surface area contributed by atoms with E-state index in [1.54, 1.807) is 19.1 Å². The quantitative estimate of drug-likeness (QED) is 0.864. The summed E-state index contributed by atoms with van der Waals surface area (Å²) >= 11 is 0. The first-order chi connectivity index (χ1) is 11.7. The normalized spacial score (nSPS) is 14.9. The van der Waals surface area contributed by atoms with Crippen molar-refractivity contribution in [2.75, 3.05) is 13.1 Å². The molecule has 1 fully saturated rings. The van der Waals surface area contributed by atoms with Gasteiger partial charge in [-0.05, 0) is 55.2 Å². The van der Waals surface area contributed by atoms with Crippen LogP contribution in [0.15, 0.2) is 48.5 Å². The molecule has 0 N–H and O–H groups in total. The van der Waals surface area contributed by atoms with Gasteiger partial charge in [-0.15, -0.1) is 0 Å². The van der Waals surface area contributed by atoms with Gasteiger partial charge in [0.1, 0.15) is 5.75 Å². The van der Waals surface area contributed by atoms with Gasteiger partial charge in [0, 0.05) is 13.1 Å². The Kier molecular flexibility index (Phi) is 4.81. The number of benzene rings is 2. The summed E-state index contributed by atoms with van der Waals surface area (Å²) in [5, 5.41) is 8.85. The van der Waals surface area contributed by atoms with E-state index in [-0.39, 0.29) is 5.91 Å². The molecule has 1 saturated heterocycles. The molecule has 1 aliphatic heterocycles. The highest BCUT2D eigenvalue weighted by Gasteiger charge is 2.24. The van der Waals surface area contributed by atoms with E-state index in [0.29, 0.717) is 11.3 Å². The van der Waals surface area contributed by atoms with Crippen molar-refractivity contribution in [1.82, 2.24) is 4.90 Å². The van der Waals surface area contributed by atoms with Gasteiger partial charge in [0.25, 0.3) is 5.91 Å². The van der Waals surface area contributed by atoms with E-state index in [0.717, 1.165) is 37.1 Å². The molecule has 1 amide bonds. The van der Waals surface area contributed by atoms with Crippen LogP contribution in [0.1, 0.15) is 25.3 Å². The molecule has 0 spiro atoms. The summed E-state index contributed by atoms with van der Waals surface area (Å²) < 4.78 is 5.78. The lowest BCUT2D eigenvalue weighted by Gasteiger charge is -2.21. The van der Waals surface area contributed by atoms with Crippen LogP contribution in [0.5, 0.6) is 5.75 Å². The van der Waals surface area contributed by atoms with Crippen molar-refractivity contribution >= 4 is 5.91 Å². The molecule has 4 heteroatoms. The van der Waals surface area contributed by atoms with Crippen LogP contribution in [0.3, 0.4) is 0 Å². The maximum absolute atomic E-state index is 12.3. The Balaban J connectivity index is 1.65. The van der Waals surface area contributed by atoms with E-state index in [4.69, 9.17) is 10.00 Å². The SMILES string of the molecule is C[C@@H](Oc1ccc(-c2ccc(C#N)cc2)cc1)C(=O)N1CCCC1. The third-order valence-corrected chi connectivity index (χ3v) is 4.28. The first-order valence-corrected chi connectivity index (χ1v) is 8.23. The Labute approximate surface area is 142 Å². The van der Waals surface area contributed by atoms with E-state index in [1.807, 2.05) is 41.3 Å². The molecule has 122 valence electrons. The van der Waals surface area contributed by atoms with Gasteiger partial charge in [-0.2, -0.15) is 5.26 Å². The molecule has 0 aromatic heterocycles. The molecule has 2 aromatic rings. The van der Waals surface area contributed by atoms with Crippen LogP contribution in [0.25, 0.3) is 11.1 Å². The Bertz CT molecular complexity index is 739. The lowest BCUT2D eigenvalue weighted by Crippen LogP contribution is -2.38. The highest BCUT2D eigenvalue weighted by Crippen LogP contribution is 2.23. The number of carbonyl (C=O) groups is 1. The first-order valence-electron chi connectivity index (χ1n) is 8.23. The molecule has 1 atom stereocenters. The maximum Gasteiger partial charge on any atom is 0.263 e. The predicted octanol–water partition coefficient (Wildman–Crippen LogP) is 3.61. The van der Waals surface area contributed by atoms with Crippen LogP contribution in [0.2, 0.25) is 0 Å². The minimum absolute atomic E-state index is 0.0590. The topological polar surface area (TPSA) is 53.3 Å². The third kappa shape index (κ3) is 3.57. The number of likely N-dealkylation sites (tertiary alicyclic amines) is 1. The number of hydrogen-bond acceptors (Lipinski definition) is 3. The molecule has 4 nitrogen and oxygen atoms in total. The summed E-state index contributed by atoms with van der Waals surface area (Å²) in [4.78, 5) is 14.1. The van der Waals surface area contributed by atoms with Crippen LogP contribution in [0, 0.1) is 11.3 Å². The molecule has 0 unspecified atom stereocenters. The van der Waals surface area contributed by atoms with E-state index in [2.05, 4.69) is 6.07 Å². The second-order valence-corrected chi connectivity index (χ2v) is 6.01. The predicted molar refractivity (Wildman–Crippen MR) is 92.5 cm³/mol. The largest absolute Gasteiger partial charge is 0.481 e. The summed E-state index contributed by atoms with van der Waals surface area (Å²) in [7, 11) is 0. The summed E-state index contributed by atoms with van der Waals surface area (Å²) in [6, 6.07) is 17.2. The van der Waals surface area contributed by atoms with E-state index < -0.39 is 6.10 Å². The van der Waals surface area contributed by atoms with Gasteiger partial charge in [0.2, 0.25) is 0 Å². The van der Waals surface area contributed by atoms with Crippen LogP contribution in [-0.2, 0) is 4.79 Å². The highest BCUT2D eigenvalue weighted by molar-refractivity contribution is 5.81. The Morgan fingerprint density at radius 1 is 1.04 bits per heavy atom. The number of ether oxygens (including phenoxy) is 1. The smallest absolute Gasteiger partial charge is 0.263 e. The van der Waals surface area contributed by atoms with Crippen molar-refractivity contribution < 1.29 is 9.53 Å². The number of hydrogen-bond donors (Lipinski definition) is 0. The Morgan fingerprint density at radius 3 is 2.12 bits per heavy atom. The number of amides is 1.